The van der Waals surface area contributed by atoms with Crippen molar-refractivity contribution in [2.24, 2.45) is 0 Å². The van der Waals surface area contributed by atoms with Gasteiger partial charge in [-0.3, -0.25) is 0 Å². The average Bonchev–Trinajstić information content (AvgIpc) is 3.22. The number of hydrogen-bond acceptors (Lipinski definition) is 5. The van der Waals surface area contributed by atoms with Gasteiger partial charge in [0.05, 0.1) is 17.9 Å². The van der Waals surface area contributed by atoms with Gasteiger partial charge in [0, 0.05) is 19.2 Å². The largest absolute Gasteiger partial charge is 0.478 e. The normalized spacial score (nSPS) is 16.3. The molecule has 0 radical (unpaired) electrons. The molecule has 0 aliphatic heterocycles. The van der Waals surface area contributed by atoms with E-state index in [1.54, 1.807) is 7.11 Å². The first-order chi connectivity index (χ1) is 10.3. The molecule has 1 saturated carbocycles. The molecule has 0 aromatic heterocycles. The number of anilines is 1. The van der Waals surface area contributed by atoms with Crippen LogP contribution in [-0.2, 0) is 14.8 Å². The van der Waals surface area contributed by atoms with Crippen LogP contribution in [0.2, 0.25) is 0 Å². The molecule has 0 spiro atoms. The van der Waals surface area contributed by atoms with Gasteiger partial charge in [-0.05, 0) is 38.0 Å². The van der Waals surface area contributed by atoms with Gasteiger partial charge < -0.3 is 15.2 Å². The second-order valence-electron chi connectivity index (χ2n) is 5.41. The van der Waals surface area contributed by atoms with Gasteiger partial charge in [-0.2, -0.15) is 0 Å². The molecule has 1 aromatic carbocycles. The van der Waals surface area contributed by atoms with E-state index in [0.717, 1.165) is 12.8 Å². The molecule has 122 valence electrons. The van der Waals surface area contributed by atoms with Crippen molar-refractivity contribution < 1.29 is 23.1 Å². The Hall–Kier alpha value is -1.64. The summed E-state index contributed by atoms with van der Waals surface area (Å²) in [7, 11) is -2.21. The number of methoxy groups -OCH3 is 1. The van der Waals surface area contributed by atoms with E-state index in [-0.39, 0.29) is 22.5 Å². The van der Waals surface area contributed by atoms with Gasteiger partial charge in [0.2, 0.25) is 10.0 Å². The summed E-state index contributed by atoms with van der Waals surface area (Å²) >= 11 is 0. The Bertz CT molecular complexity index is 655. The molecule has 8 heteroatoms. The highest BCUT2D eigenvalue weighted by molar-refractivity contribution is 7.89. The lowest BCUT2D eigenvalue weighted by Gasteiger charge is -2.18. The lowest BCUT2D eigenvalue weighted by molar-refractivity contribution is 0.0696. The average molecular weight is 328 g/mol. The number of carboxylic acid groups (broad SMARTS) is 1. The van der Waals surface area contributed by atoms with E-state index in [1.165, 1.54) is 18.2 Å². The molecule has 0 amide bonds. The van der Waals surface area contributed by atoms with Crippen molar-refractivity contribution in [1.29, 1.82) is 0 Å². The first kappa shape index (κ1) is 16.7. The van der Waals surface area contributed by atoms with Crippen molar-refractivity contribution in [3.8, 4) is 0 Å². The van der Waals surface area contributed by atoms with Gasteiger partial charge in [0.1, 0.15) is 4.90 Å². The zero-order valence-electron chi connectivity index (χ0n) is 12.5. The van der Waals surface area contributed by atoms with E-state index in [9.17, 15) is 13.2 Å². The third-order valence-corrected chi connectivity index (χ3v) is 4.80. The molecule has 3 N–H and O–H groups in total. The Labute approximate surface area is 129 Å². The zero-order valence-corrected chi connectivity index (χ0v) is 13.3. The van der Waals surface area contributed by atoms with E-state index in [0.29, 0.717) is 12.3 Å². The van der Waals surface area contributed by atoms with Gasteiger partial charge in [-0.1, -0.05) is 0 Å². The molecule has 22 heavy (non-hydrogen) atoms. The van der Waals surface area contributed by atoms with Crippen molar-refractivity contribution in [3.63, 3.8) is 0 Å². The number of sulfonamides is 1. The Kier molecular flexibility index (Phi) is 5.05. The molecular formula is C14H20N2O5S. The highest BCUT2D eigenvalue weighted by atomic mass is 32.2. The van der Waals surface area contributed by atoms with Crippen molar-refractivity contribution in [2.75, 3.05) is 19.0 Å². The minimum Gasteiger partial charge on any atom is -0.478 e. The van der Waals surface area contributed by atoms with Crippen LogP contribution in [0.3, 0.4) is 0 Å². The minimum atomic E-state index is -3.76. The van der Waals surface area contributed by atoms with Crippen LogP contribution in [-0.4, -0.2) is 45.3 Å². The maximum absolute atomic E-state index is 12.4. The number of carbonyl (C=O) groups is 1. The van der Waals surface area contributed by atoms with Crippen LogP contribution in [0.4, 0.5) is 5.69 Å². The number of carboxylic acids is 1. The number of aromatic carboxylic acids is 1. The van der Waals surface area contributed by atoms with Crippen LogP contribution >= 0.6 is 0 Å². The molecule has 1 fully saturated rings. The van der Waals surface area contributed by atoms with Gasteiger partial charge in [0.15, 0.2) is 0 Å². The van der Waals surface area contributed by atoms with Crippen LogP contribution in [0.15, 0.2) is 23.1 Å². The quantitative estimate of drug-likeness (QED) is 0.664. The van der Waals surface area contributed by atoms with E-state index in [2.05, 4.69) is 10.0 Å². The van der Waals surface area contributed by atoms with Crippen molar-refractivity contribution >= 4 is 21.7 Å². The Balaban J connectivity index is 2.37. The van der Waals surface area contributed by atoms with Crippen molar-refractivity contribution in [2.45, 2.75) is 36.7 Å². The molecule has 1 aliphatic rings. The molecular weight excluding hydrogens is 308 g/mol. The standard InChI is InChI=1S/C14H20N2O5S/c1-9(8-21-2)15-12-6-3-10(14(17)18)7-13(12)22(19,20)16-11-4-5-11/h3,6-7,9,11,15-16H,4-5,8H2,1-2H3,(H,17,18)/t9-/m0/s1. The lowest BCUT2D eigenvalue weighted by atomic mass is 10.2. The lowest BCUT2D eigenvalue weighted by Crippen LogP contribution is -2.28. The second kappa shape index (κ2) is 6.64. The summed E-state index contributed by atoms with van der Waals surface area (Å²) in [6.07, 6.45) is 1.61. The molecule has 2 rings (SSSR count). The summed E-state index contributed by atoms with van der Waals surface area (Å²) < 4.78 is 32.5. The van der Waals surface area contributed by atoms with Crippen LogP contribution in [0.25, 0.3) is 0 Å². The third kappa shape index (κ3) is 4.19. The van der Waals surface area contributed by atoms with Gasteiger partial charge >= 0.3 is 5.97 Å². The predicted octanol–water partition coefficient (Wildman–Crippen LogP) is 1.27. The predicted molar refractivity (Wildman–Crippen MR) is 81.7 cm³/mol. The smallest absolute Gasteiger partial charge is 0.335 e. The fourth-order valence-corrected chi connectivity index (χ4v) is 3.54. The number of rotatable bonds is 8. The number of hydrogen-bond donors (Lipinski definition) is 3. The van der Waals surface area contributed by atoms with Crippen LogP contribution in [0, 0.1) is 0 Å². The summed E-state index contributed by atoms with van der Waals surface area (Å²) in [5, 5.41) is 12.1. The topological polar surface area (TPSA) is 105 Å². The van der Waals surface area contributed by atoms with Gasteiger partial charge in [-0.15, -0.1) is 0 Å². The monoisotopic (exact) mass is 328 g/mol. The SMILES string of the molecule is COC[C@H](C)Nc1ccc(C(=O)O)cc1S(=O)(=O)NC1CC1. The molecule has 1 atom stereocenters. The molecule has 1 aromatic rings. The number of ether oxygens (including phenoxy) is 1. The maximum Gasteiger partial charge on any atom is 0.335 e. The molecule has 0 saturated heterocycles. The third-order valence-electron chi connectivity index (χ3n) is 3.24. The molecule has 0 unspecified atom stereocenters. The Morgan fingerprint density at radius 1 is 1.45 bits per heavy atom. The fraction of sp³-hybridized carbons (Fsp3) is 0.500. The van der Waals surface area contributed by atoms with E-state index in [1.807, 2.05) is 6.92 Å². The number of benzene rings is 1. The Morgan fingerprint density at radius 3 is 2.68 bits per heavy atom. The highest BCUT2D eigenvalue weighted by Gasteiger charge is 2.30. The molecule has 0 bridgehead atoms. The van der Waals surface area contributed by atoms with Gasteiger partial charge in [0.25, 0.3) is 0 Å². The fourth-order valence-electron chi connectivity index (χ4n) is 2.04. The molecule has 1 aliphatic carbocycles. The summed E-state index contributed by atoms with van der Waals surface area (Å²) in [6.45, 7) is 2.25. The summed E-state index contributed by atoms with van der Waals surface area (Å²) in [6, 6.07) is 3.85. The molecule has 0 heterocycles. The van der Waals surface area contributed by atoms with Crippen LogP contribution < -0.4 is 10.0 Å². The highest BCUT2D eigenvalue weighted by Crippen LogP contribution is 2.27. The van der Waals surface area contributed by atoms with E-state index in [4.69, 9.17) is 9.84 Å². The van der Waals surface area contributed by atoms with Crippen molar-refractivity contribution in [3.05, 3.63) is 23.8 Å². The van der Waals surface area contributed by atoms with Crippen molar-refractivity contribution in [1.82, 2.24) is 4.72 Å². The van der Waals surface area contributed by atoms with E-state index >= 15 is 0 Å². The zero-order chi connectivity index (χ0) is 16.3. The van der Waals surface area contributed by atoms with E-state index < -0.39 is 16.0 Å². The van der Waals surface area contributed by atoms with Crippen LogP contribution in [0.1, 0.15) is 30.1 Å². The Morgan fingerprint density at radius 2 is 2.14 bits per heavy atom. The summed E-state index contributed by atoms with van der Waals surface area (Å²) in [4.78, 5) is 11.0. The summed E-state index contributed by atoms with van der Waals surface area (Å²) in [5.74, 6) is -1.17. The summed E-state index contributed by atoms with van der Waals surface area (Å²) in [5.41, 5.74) is 0.295. The number of nitrogens with one attached hydrogen (secondary N) is 2. The minimum absolute atomic E-state index is 0.0530. The second-order valence-corrected chi connectivity index (χ2v) is 7.09. The first-order valence-corrected chi connectivity index (χ1v) is 8.47. The first-order valence-electron chi connectivity index (χ1n) is 6.98. The van der Waals surface area contributed by atoms with Crippen LogP contribution in [0.5, 0.6) is 0 Å². The maximum atomic E-state index is 12.4. The van der Waals surface area contributed by atoms with Gasteiger partial charge in [-0.25, -0.2) is 17.9 Å². The molecule has 7 nitrogen and oxygen atoms in total.